The van der Waals surface area contributed by atoms with Gasteiger partial charge in [-0.3, -0.25) is 4.79 Å². The van der Waals surface area contributed by atoms with Crippen LogP contribution in [0.2, 0.25) is 0 Å². The van der Waals surface area contributed by atoms with Crippen LogP contribution in [0.5, 0.6) is 0 Å². The SMILES string of the molecule is CC1CCC(OC(=O)CN=[N+]=[N-])CC1. The minimum atomic E-state index is -0.414. The van der Waals surface area contributed by atoms with Gasteiger partial charge in [-0.2, -0.15) is 0 Å². The maximum Gasteiger partial charge on any atom is 0.311 e. The van der Waals surface area contributed by atoms with Crippen LogP contribution in [0.1, 0.15) is 32.6 Å². The summed E-state index contributed by atoms with van der Waals surface area (Å²) in [6.07, 6.45) is 4.12. The molecule has 0 radical (unpaired) electrons. The molecule has 0 unspecified atom stereocenters. The lowest BCUT2D eigenvalue weighted by atomic mass is 9.89. The molecule has 5 nitrogen and oxygen atoms in total. The summed E-state index contributed by atoms with van der Waals surface area (Å²) in [5.41, 5.74) is 8.01. The van der Waals surface area contributed by atoms with E-state index in [9.17, 15) is 4.79 Å². The first-order chi connectivity index (χ1) is 6.72. The van der Waals surface area contributed by atoms with E-state index in [0.29, 0.717) is 0 Å². The van der Waals surface area contributed by atoms with Crippen molar-refractivity contribution in [3.8, 4) is 0 Å². The van der Waals surface area contributed by atoms with Gasteiger partial charge in [-0.1, -0.05) is 12.0 Å². The average molecular weight is 197 g/mol. The van der Waals surface area contributed by atoms with Crippen LogP contribution in [-0.2, 0) is 9.53 Å². The van der Waals surface area contributed by atoms with Crippen molar-refractivity contribution in [2.45, 2.75) is 38.7 Å². The molecule has 5 heteroatoms. The topological polar surface area (TPSA) is 75.1 Å². The van der Waals surface area contributed by atoms with Crippen molar-refractivity contribution >= 4 is 5.97 Å². The third-order valence-electron chi connectivity index (χ3n) is 2.52. The molecule has 0 saturated heterocycles. The Labute approximate surface area is 83.1 Å². The molecule has 1 aliphatic carbocycles. The Kier molecular flexibility index (Phi) is 4.26. The summed E-state index contributed by atoms with van der Waals surface area (Å²) < 4.78 is 5.14. The molecule has 1 aliphatic rings. The number of hydrogen-bond acceptors (Lipinski definition) is 3. The molecular formula is C9H15N3O2. The zero-order valence-corrected chi connectivity index (χ0v) is 8.35. The van der Waals surface area contributed by atoms with Crippen molar-refractivity contribution < 1.29 is 9.53 Å². The number of ether oxygens (including phenoxy) is 1. The predicted molar refractivity (Wildman–Crippen MR) is 51.5 cm³/mol. The van der Waals surface area contributed by atoms with E-state index in [1.807, 2.05) is 0 Å². The third kappa shape index (κ3) is 3.66. The molecule has 1 rings (SSSR count). The van der Waals surface area contributed by atoms with Crippen LogP contribution in [0.4, 0.5) is 0 Å². The zero-order chi connectivity index (χ0) is 10.4. The smallest absolute Gasteiger partial charge is 0.311 e. The van der Waals surface area contributed by atoms with Gasteiger partial charge in [-0.25, -0.2) is 0 Å². The number of hydrogen-bond donors (Lipinski definition) is 0. The summed E-state index contributed by atoms with van der Waals surface area (Å²) in [7, 11) is 0. The van der Waals surface area contributed by atoms with Crippen LogP contribution in [0, 0.1) is 5.92 Å². The van der Waals surface area contributed by atoms with Crippen molar-refractivity contribution in [3.63, 3.8) is 0 Å². The fraction of sp³-hybridized carbons (Fsp3) is 0.889. The highest BCUT2D eigenvalue weighted by atomic mass is 16.5. The van der Waals surface area contributed by atoms with E-state index in [-0.39, 0.29) is 12.6 Å². The van der Waals surface area contributed by atoms with Crippen LogP contribution in [0.3, 0.4) is 0 Å². The molecule has 0 heterocycles. The second-order valence-corrected chi connectivity index (χ2v) is 3.76. The molecule has 0 amide bonds. The minimum absolute atomic E-state index is 0.0348. The van der Waals surface area contributed by atoms with Gasteiger partial charge >= 0.3 is 5.97 Å². The van der Waals surface area contributed by atoms with Crippen LogP contribution < -0.4 is 0 Å². The highest BCUT2D eigenvalue weighted by Crippen LogP contribution is 2.25. The van der Waals surface area contributed by atoms with Crippen LogP contribution >= 0.6 is 0 Å². The van der Waals surface area contributed by atoms with Crippen molar-refractivity contribution in [2.24, 2.45) is 11.0 Å². The van der Waals surface area contributed by atoms with Crippen LogP contribution in [-0.4, -0.2) is 18.6 Å². The second kappa shape index (κ2) is 5.50. The summed E-state index contributed by atoms with van der Waals surface area (Å²) in [6, 6.07) is 0. The normalized spacial score (nSPS) is 26.4. The van der Waals surface area contributed by atoms with Crippen molar-refractivity contribution in [3.05, 3.63) is 10.4 Å². The van der Waals surface area contributed by atoms with E-state index in [0.717, 1.165) is 31.6 Å². The summed E-state index contributed by atoms with van der Waals surface area (Å²) in [6.45, 7) is 2.01. The van der Waals surface area contributed by atoms with Gasteiger partial charge in [-0.05, 0) is 37.1 Å². The molecule has 78 valence electrons. The number of azide groups is 1. The quantitative estimate of drug-likeness (QED) is 0.301. The van der Waals surface area contributed by atoms with Gasteiger partial charge < -0.3 is 4.74 Å². The van der Waals surface area contributed by atoms with Gasteiger partial charge in [-0.15, -0.1) is 0 Å². The van der Waals surface area contributed by atoms with Gasteiger partial charge in [0.1, 0.15) is 12.6 Å². The molecule has 0 aromatic carbocycles. The molecule has 0 aromatic heterocycles. The molecule has 0 N–H and O–H groups in total. The second-order valence-electron chi connectivity index (χ2n) is 3.76. The van der Waals surface area contributed by atoms with Crippen molar-refractivity contribution in [1.82, 2.24) is 0 Å². The van der Waals surface area contributed by atoms with Gasteiger partial charge in [0, 0.05) is 4.91 Å². The summed E-state index contributed by atoms with van der Waals surface area (Å²) in [5.74, 6) is 0.324. The highest BCUT2D eigenvalue weighted by Gasteiger charge is 2.20. The lowest BCUT2D eigenvalue weighted by Crippen LogP contribution is -2.24. The van der Waals surface area contributed by atoms with E-state index in [4.69, 9.17) is 10.3 Å². The lowest BCUT2D eigenvalue weighted by Gasteiger charge is -2.25. The van der Waals surface area contributed by atoms with Gasteiger partial charge in [0.05, 0.1) is 0 Å². The largest absolute Gasteiger partial charge is 0.462 e. The Balaban J connectivity index is 2.23. The van der Waals surface area contributed by atoms with E-state index in [1.54, 1.807) is 0 Å². The van der Waals surface area contributed by atoms with E-state index < -0.39 is 5.97 Å². The maximum absolute atomic E-state index is 11.1. The fourth-order valence-electron chi connectivity index (χ4n) is 1.66. The summed E-state index contributed by atoms with van der Waals surface area (Å²) >= 11 is 0. The summed E-state index contributed by atoms with van der Waals surface area (Å²) in [4.78, 5) is 13.6. The summed E-state index contributed by atoms with van der Waals surface area (Å²) in [5, 5.41) is 3.16. The maximum atomic E-state index is 11.1. The molecule has 0 aromatic rings. The molecule has 0 aliphatic heterocycles. The van der Waals surface area contributed by atoms with E-state index >= 15 is 0 Å². The standard InChI is InChI=1S/C9H15N3O2/c1-7-2-4-8(5-3-7)14-9(13)6-11-12-10/h7-8H,2-6H2,1H3. The number of carbonyl (C=O) groups excluding carboxylic acids is 1. The first kappa shape index (κ1) is 10.9. The number of esters is 1. The van der Waals surface area contributed by atoms with Gasteiger partial charge in [0.2, 0.25) is 0 Å². The Morgan fingerprint density at radius 3 is 2.71 bits per heavy atom. The molecule has 0 spiro atoms. The molecule has 0 atom stereocenters. The molecule has 1 saturated carbocycles. The van der Waals surface area contributed by atoms with E-state index in [2.05, 4.69) is 16.9 Å². The molecule has 0 bridgehead atoms. The minimum Gasteiger partial charge on any atom is -0.462 e. The van der Waals surface area contributed by atoms with E-state index in [1.165, 1.54) is 0 Å². The molecule has 14 heavy (non-hydrogen) atoms. The Morgan fingerprint density at radius 1 is 1.50 bits per heavy atom. The Morgan fingerprint density at radius 2 is 2.14 bits per heavy atom. The highest BCUT2D eigenvalue weighted by molar-refractivity contribution is 5.71. The fourth-order valence-corrected chi connectivity index (χ4v) is 1.66. The van der Waals surface area contributed by atoms with Crippen molar-refractivity contribution in [1.29, 1.82) is 0 Å². The lowest BCUT2D eigenvalue weighted by molar-refractivity contribution is -0.149. The number of nitrogens with zero attached hydrogens (tertiary/aromatic N) is 3. The first-order valence-electron chi connectivity index (χ1n) is 4.92. The number of rotatable bonds is 3. The Bertz CT molecular complexity index is 240. The first-order valence-corrected chi connectivity index (χ1v) is 4.92. The zero-order valence-electron chi connectivity index (χ0n) is 8.35. The molecular weight excluding hydrogens is 182 g/mol. The average Bonchev–Trinajstić information content (AvgIpc) is 2.18. The van der Waals surface area contributed by atoms with Gasteiger partial charge in [0.25, 0.3) is 0 Å². The van der Waals surface area contributed by atoms with Gasteiger partial charge in [0.15, 0.2) is 0 Å². The number of carbonyl (C=O) groups is 1. The monoisotopic (exact) mass is 197 g/mol. The van der Waals surface area contributed by atoms with Crippen LogP contribution in [0.15, 0.2) is 5.11 Å². The third-order valence-corrected chi connectivity index (χ3v) is 2.52. The van der Waals surface area contributed by atoms with Crippen LogP contribution in [0.25, 0.3) is 10.4 Å². The van der Waals surface area contributed by atoms with Crippen molar-refractivity contribution in [2.75, 3.05) is 6.54 Å². The molecule has 1 fully saturated rings. The Hall–Kier alpha value is -1.22. The predicted octanol–water partition coefficient (Wildman–Crippen LogP) is 2.42.